The molecule has 92 valence electrons. The number of carboxylic acids is 1. The number of rotatable bonds is 4. The lowest BCUT2D eigenvalue weighted by atomic mass is 10.4. The molecule has 6 nitrogen and oxygen atoms in total. The van der Waals surface area contributed by atoms with Crippen LogP contribution in [0.25, 0.3) is 0 Å². The number of aliphatic hydroxyl groups is 3. The average molecular weight is 244 g/mol. The summed E-state index contributed by atoms with van der Waals surface area (Å²) in [5.41, 5.74) is 0. The molecule has 0 amide bonds. The first-order valence-corrected chi connectivity index (χ1v) is 4.86. The molecule has 15 heavy (non-hydrogen) atoms. The van der Waals surface area contributed by atoms with Crippen molar-refractivity contribution in [2.24, 2.45) is 0 Å². The van der Waals surface area contributed by atoms with E-state index in [1.165, 1.54) is 25.7 Å². The van der Waals surface area contributed by atoms with Crippen LogP contribution in [0.2, 0.25) is 0 Å². The molecule has 7 heteroatoms. The number of hydrogen-bond acceptors (Lipinski definition) is 5. The third-order valence-electron chi connectivity index (χ3n) is 1.41. The van der Waals surface area contributed by atoms with Crippen LogP contribution in [0.4, 0.5) is 0 Å². The maximum Gasteiger partial charge on any atom is 0.318 e. The number of aliphatic carboxylic acids is 1. The van der Waals surface area contributed by atoms with Crippen LogP contribution in [-0.4, -0.2) is 55.9 Å². The van der Waals surface area contributed by atoms with Crippen LogP contribution in [-0.2, 0) is 4.79 Å². The number of hydrogen-bond donors (Lipinski definition) is 4. The molecule has 0 radical (unpaired) electrons. The van der Waals surface area contributed by atoms with Gasteiger partial charge in [0, 0.05) is 0 Å². The minimum absolute atomic E-state index is 0.306. The second-order valence-corrected chi connectivity index (χ2v) is 3.14. The largest absolute Gasteiger partial charge is 0.480 e. The van der Waals surface area contributed by atoms with E-state index in [1.807, 2.05) is 0 Å². The molecule has 0 saturated carbocycles. The van der Waals surface area contributed by atoms with Gasteiger partial charge in [-0.2, -0.15) is 0 Å². The average Bonchev–Trinajstić information content (AvgIpc) is 2.02. The molecular formula is C8H18ClNO5. The van der Waals surface area contributed by atoms with Gasteiger partial charge in [-0.25, -0.2) is 4.90 Å². The summed E-state index contributed by atoms with van der Waals surface area (Å²) in [5, 5.41) is 34.5. The highest BCUT2D eigenvalue weighted by Crippen LogP contribution is 2.04. The fourth-order valence-corrected chi connectivity index (χ4v) is 0.937. The van der Waals surface area contributed by atoms with Crippen molar-refractivity contribution >= 4 is 17.6 Å². The normalized spacial score (nSPS) is 16.3. The van der Waals surface area contributed by atoms with Gasteiger partial charge in [-0.3, -0.25) is 4.79 Å². The summed E-state index contributed by atoms with van der Waals surface area (Å²) in [6.07, 6.45) is -2.50. The Morgan fingerprint density at radius 1 is 1.13 bits per heavy atom. The van der Waals surface area contributed by atoms with E-state index in [1.54, 1.807) is 0 Å². The third kappa shape index (κ3) is 9.89. The monoisotopic (exact) mass is 243 g/mol. The fourth-order valence-electron chi connectivity index (χ4n) is 0.937. The van der Waals surface area contributed by atoms with Crippen LogP contribution >= 0.6 is 11.6 Å². The van der Waals surface area contributed by atoms with Gasteiger partial charge >= 0.3 is 5.97 Å². The highest BCUT2D eigenvalue weighted by molar-refractivity contribution is 6.26. The van der Waals surface area contributed by atoms with Gasteiger partial charge in [-0.1, -0.05) is 0 Å². The van der Waals surface area contributed by atoms with Gasteiger partial charge < -0.3 is 20.4 Å². The van der Waals surface area contributed by atoms with E-state index in [0.717, 1.165) is 0 Å². The minimum atomic E-state index is -0.980. The van der Waals surface area contributed by atoms with Crippen LogP contribution in [0.15, 0.2) is 0 Å². The second-order valence-electron chi connectivity index (χ2n) is 2.87. The first kappa shape index (κ1) is 17.0. The summed E-state index contributed by atoms with van der Waals surface area (Å²) < 4.78 is 0. The number of aliphatic hydroxyl groups excluding tert-OH is 3. The first-order valence-electron chi connectivity index (χ1n) is 4.33. The second kappa shape index (κ2) is 8.87. The number of nitrogens with zero attached hydrogens (tertiary/aromatic N) is 1. The van der Waals surface area contributed by atoms with Gasteiger partial charge in [0.15, 0.2) is 0 Å². The molecule has 0 bridgehead atoms. The lowest BCUT2D eigenvalue weighted by Gasteiger charge is -2.30. The Bertz CT molecular complexity index is 155. The molecule has 0 aromatic rings. The van der Waals surface area contributed by atoms with E-state index in [2.05, 4.69) is 0 Å². The van der Waals surface area contributed by atoms with Crippen LogP contribution in [0.5, 0.6) is 0 Å². The van der Waals surface area contributed by atoms with Gasteiger partial charge in [0.1, 0.15) is 24.6 Å². The van der Waals surface area contributed by atoms with Crippen LogP contribution in [0.3, 0.4) is 0 Å². The topological polar surface area (TPSA) is 101 Å². The van der Waals surface area contributed by atoms with Gasteiger partial charge in [-0.15, -0.1) is 11.6 Å². The Balaban J connectivity index is 0. The van der Waals surface area contributed by atoms with Crippen molar-refractivity contribution in [3.8, 4) is 0 Å². The van der Waals surface area contributed by atoms with E-state index >= 15 is 0 Å². The summed E-state index contributed by atoms with van der Waals surface area (Å²) in [6.45, 7) is 4.46. The maximum atomic E-state index is 9.24. The van der Waals surface area contributed by atoms with E-state index in [-0.39, 0.29) is 5.88 Å². The number of halogens is 1. The quantitative estimate of drug-likeness (QED) is 0.396. The smallest absolute Gasteiger partial charge is 0.318 e. The molecule has 0 saturated heterocycles. The van der Waals surface area contributed by atoms with Gasteiger partial charge in [-0.05, 0) is 20.8 Å². The molecule has 0 fully saturated rings. The van der Waals surface area contributed by atoms with Crippen LogP contribution < -0.4 is 0 Å². The third-order valence-corrected chi connectivity index (χ3v) is 1.64. The van der Waals surface area contributed by atoms with E-state index in [0.29, 0.717) is 0 Å². The predicted molar refractivity (Wildman–Crippen MR) is 55.2 cm³/mol. The predicted octanol–water partition coefficient (Wildman–Crippen LogP) is -0.387. The van der Waals surface area contributed by atoms with Crippen LogP contribution in [0, 0.1) is 0 Å². The standard InChI is InChI=1S/C6H15NO3.C2H3ClO2/c1-4(8)7(5(2)9)6(3)10;3-1-2(4)5/h4-6,8-10H,1-3H3;1H2,(H,4,5). The molecule has 0 heterocycles. The first-order chi connectivity index (χ1) is 6.73. The highest BCUT2D eigenvalue weighted by Gasteiger charge is 2.20. The molecule has 0 aliphatic rings. The molecule has 4 N–H and O–H groups in total. The van der Waals surface area contributed by atoms with Gasteiger partial charge in [0.2, 0.25) is 0 Å². The SMILES string of the molecule is CC(O)N(C(C)O)C(C)O.O=C(O)CCl. The summed E-state index contributed by atoms with van der Waals surface area (Å²) in [5.74, 6) is -1.29. The molecular weight excluding hydrogens is 226 g/mol. The molecule has 3 unspecified atom stereocenters. The zero-order valence-corrected chi connectivity index (χ0v) is 9.72. The Hall–Kier alpha value is -0.400. The van der Waals surface area contributed by atoms with Crippen molar-refractivity contribution in [1.29, 1.82) is 0 Å². The minimum Gasteiger partial charge on any atom is -0.480 e. The molecule has 0 rings (SSSR count). The van der Waals surface area contributed by atoms with E-state index in [4.69, 9.17) is 32.0 Å². The number of carbonyl (C=O) groups is 1. The van der Waals surface area contributed by atoms with E-state index < -0.39 is 24.7 Å². The molecule has 0 aromatic carbocycles. The Morgan fingerprint density at radius 3 is 1.33 bits per heavy atom. The molecule has 0 aliphatic carbocycles. The molecule has 0 aliphatic heterocycles. The Morgan fingerprint density at radius 2 is 1.33 bits per heavy atom. The lowest BCUT2D eigenvalue weighted by molar-refractivity contribution is -0.159. The summed E-state index contributed by atoms with van der Waals surface area (Å²) in [6, 6.07) is 0. The highest BCUT2D eigenvalue weighted by atomic mass is 35.5. The number of alkyl halides is 1. The van der Waals surface area contributed by atoms with Crippen LogP contribution in [0.1, 0.15) is 20.8 Å². The van der Waals surface area contributed by atoms with Crippen molar-refractivity contribution in [2.45, 2.75) is 39.5 Å². The molecule has 3 atom stereocenters. The molecule has 0 aromatic heterocycles. The van der Waals surface area contributed by atoms with Crippen molar-refractivity contribution in [3.05, 3.63) is 0 Å². The zero-order valence-electron chi connectivity index (χ0n) is 8.96. The Kier molecular flexibility index (Phi) is 10.1. The van der Waals surface area contributed by atoms with Crippen molar-refractivity contribution in [2.75, 3.05) is 5.88 Å². The summed E-state index contributed by atoms with van der Waals surface area (Å²) >= 11 is 4.74. The maximum absolute atomic E-state index is 9.24. The zero-order chi connectivity index (χ0) is 12.6. The molecule has 0 spiro atoms. The summed E-state index contributed by atoms with van der Waals surface area (Å²) in [4.78, 5) is 10.4. The van der Waals surface area contributed by atoms with Crippen molar-refractivity contribution in [3.63, 3.8) is 0 Å². The fraction of sp³-hybridized carbons (Fsp3) is 0.875. The Labute approximate surface area is 93.7 Å². The van der Waals surface area contributed by atoms with Crippen molar-refractivity contribution in [1.82, 2.24) is 4.90 Å². The summed E-state index contributed by atoms with van der Waals surface area (Å²) in [7, 11) is 0. The van der Waals surface area contributed by atoms with Gasteiger partial charge in [0.25, 0.3) is 0 Å². The lowest BCUT2D eigenvalue weighted by Crippen LogP contribution is -2.45. The van der Waals surface area contributed by atoms with Gasteiger partial charge in [0.05, 0.1) is 0 Å². The number of carboxylic acid groups (broad SMARTS) is 1. The van der Waals surface area contributed by atoms with E-state index in [9.17, 15) is 4.79 Å². The van der Waals surface area contributed by atoms with Crippen molar-refractivity contribution < 1.29 is 25.2 Å².